The lowest BCUT2D eigenvalue weighted by atomic mass is 10.2. The Morgan fingerprint density at radius 1 is 1.15 bits per heavy atom. The number of thiazole rings is 1. The molecule has 0 aliphatic heterocycles. The van der Waals surface area contributed by atoms with Gasteiger partial charge in [-0.3, -0.25) is 9.36 Å². The highest BCUT2D eigenvalue weighted by Crippen LogP contribution is 2.33. The summed E-state index contributed by atoms with van der Waals surface area (Å²) >= 11 is 9.46. The number of carbonyl (C=O) groups is 1. The Morgan fingerprint density at radius 3 is 2.65 bits per heavy atom. The molecule has 0 aliphatic rings. The second kappa shape index (κ2) is 11.1. The summed E-state index contributed by atoms with van der Waals surface area (Å²) in [7, 11) is 3.94. The molecule has 0 spiro atoms. The van der Waals surface area contributed by atoms with Crippen LogP contribution in [0.15, 0.2) is 59.1 Å². The molecule has 7 nitrogen and oxygen atoms in total. The van der Waals surface area contributed by atoms with Crippen LogP contribution in [0.4, 0.5) is 0 Å². The number of aryl methyl sites for hydroxylation is 1. The molecule has 0 radical (unpaired) electrons. The zero-order valence-corrected chi connectivity index (χ0v) is 21.5. The van der Waals surface area contributed by atoms with Gasteiger partial charge < -0.3 is 10.2 Å². The fourth-order valence-corrected chi connectivity index (χ4v) is 5.16. The van der Waals surface area contributed by atoms with E-state index in [0.29, 0.717) is 28.8 Å². The summed E-state index contributed by atoms with van der Waals surface area (Å²) < 4.78 is 2.01. The van der Waals surface area contributed by atoms with Crippen LogP contribution in [-0.2, 0) is 5.75 Å². The van der Waals surface area contributed by atoms with Gasteiger partial charge in [-0.25, -0.2) is 4.98 Å². The number of halogens is 1. The number of likely N-dealkylation sites (N-methyl/N-ethyl adjacent to an activating group) is 1. The second-order valence-electron chi connectivity index (χ2n) is 7.93. The molecule has 2 heterocycles. The van der Waals surface area contributed by atoms with E-state index in [-0.39, 0.29) is 5.91 Å². The number of aromatic nitrogens is 4. The third-order valence-electron chi connectivity index (χ3n) is 4.99. The van der Waals surface area contributed by atoms with Gasteiger partial charge in [-0.1, -0.05) is 53.2 Å². The normalized spacial score (nSPS) is 11.2. The van der Waals surface area contributed by atoms with Crippen LogP contribution >= 0.6 is 34.7 Å². The molecule has 0 saturated heterocycles. The Hall–Kier alpha value is -2.72. The fraction of sp³-hybridized carbons (Fsp3) is 0.250. The molecule has 0 saturated carbocycles. The number of thioether (sulfide) groups is 1. The predicted molar refractivity (Wildman–Crippen MR) is 139 cm³/mol. The molecule has 2 aromatic heterocycles. The summed E-state index contributed by atoms with van der Waals surface area (Å²) in [6.45, 7) is 3.41. The Balaban J connectivity index is 1.55. The average molecular weight is 513 g/mol. The number of nitrogens with one attached hydrogen (secondary N) is 1. The number of carbonyl (C=O) groups excluding carboxylic acids is 1. The summed E-state index contributed by atoms with van der Waals surface area (Å²) in [5.74, 6) is 1.09. The van der Waals surface area contributed by atoms with Crippen LogP contribution in [-0.4, -0.2) is 57.7 Å². The first-order chi connectivity index (χ1) is 16.4. The minimum absolute atomic E-state index is 0.154. The van der Waals surface area contributed by atoms with Crippen molar-refractivity contribution in [2.24, 2.45) is 0 Å². The van der Waals surface area contributed by atoms with Crippen LogP contribution in [0.5, 0.6) is 0 Å². The monoisotopic (exact) mass is 512 g/mol. The van der Waals surface area contributed by atoms with Crippen LogP contribution in [0.25, 0.3) is 17.1 Å². The summed E-state index contributed by atoms with van der Waals surface area (Å²) in [6, 6.07) is 15.8. The molecule has 0 unspecified atom stereocenters. The minimum atomic E-state index is -0.154. The van der Waals surface area contributed by atoms with Gasteiger partial charge in [-0.15, -0.1) is 21.5 Å². The molecule has 0 fully saturated rings. The van der Waals surface area contributed by atoms with Crippen molar-refractivity contribution in [1.29, 1.82) is 0 Å². The van der Waals surface area contributed by atoms with E-state index >= 15 is 0 Å². The first-order valence-corrected chi connectivity index (χ1v) is 12.9. The third-order valence-corrected chi connectivity index (χ3v) is 7.30. The highest BCUT2D eigenvalue weighted by Gasteiger charge is 2.19. The smallest absolute Gasteiger partial charge is 0.270 e. The van der Waals surface area contributed by atoms with Crippen molar-refractivity contribution in [3.8, 4) is 17.1 Å². The lowest BCUT2D eigenvalue weighted by molar-refractivity contribution is 0.0946. The van der Waals surface area contributed by atoms with E-state index in [4.69, 9.17) is 11.6 Å². The van der Waals surface area contributed by atoms with Gasteiger partial charge in [-0.05, 0) is 45.3 Å². The standard InChI is InChI=1S/C24H25ClN6OS2/c1-16-8-10-17(11-9-16)31-22(18-6-4-5-7-19(18)25)28-29-24(31)34-15-21-27-20(14-33-21)23(32)26-12-13-30(2)3/h4-11,14H,12-13,15H2,1-3H3,(H,26,32). The van der Waals surface area contributed by atoms with E-state index < -0.39 is 0 Å². The number of rotatable bonds is 9. The Kier molecular flexibility index (Phi) is 7.99. The maximum Gasteiger partial charge on any atom is 0.270 e. The molecular formula is C24H25ClN6OS2. The number of hydrogen-bond acceptors (Lipinski definition) is 7. The Morgan fingerprint density at radius 2 is 1.91 bits per heavy atom. The first-order valence-electron chi connectivity index (χ1n) is 10.7. The van der Waals surface area contributed by atoms with Crippen LogP contribution in [0.3, 0.4) is 0 Å². The maximum atomic E-state index is 12.3. The molecule has 0 atom stereocenters. The predicted octanol–water partition coefficient (Wildman–Crippen LogP) is 4.94. The summed E-state index contributed by atoms with van der Waals surface area (Å²) in [5.41, 5.74) is 3.38. The lowest BCUT2D eigenvalue weighted by Crippen LogP contribution is -2.31. The lowest BCUT2D eigenvalue weighted by Gasteiger charge is -2.11. The van der Waals surface area contributed by atoms with E-state index in [1.807, 2.05) is 60.0 Å². The van der Waals surface area contributed by atoms with Gasteiger partial charge in [0.15, 0.2) is 11.0 Å². The quantitative estimate of drug-likeness (QED) is 0.320. The number of benzene rings is 2. The second-order valence-corrected chi connectivity index (χ2v) is 10.2. The van der Waals surface area contributed by atoms with Gasteiger partial charge in [0.1, 0.15) is 10.7 Å². The van der Waals surface area contributed by atoms with Crippen molar-refractivity contribution in [2.75, 3.05) is 27.2 Å². The van der Waals surface area contributed by atoms with E-state index in [2.05, 4.69) is 39.6 Å². The van der Waals surface area contributed by atoms with E-state index in [9.17, 15) is 4.79 Å². The summed E-state index contributed by atoms with van der Waals surface area (Å²) in [6.07, 6.45) is 0. The molecule has 10 heteroatoms. The van der Waals surface area contributed by atoms with Gasteiger partial charge in [0.05, 0.1) is 10.8 Å². The Labute approximate surface area is 212 Å². The molecule has 1 amide bonds. The van der Waals surface area contributed by atoms with Crippen molar-refractivity contribution < 1.29 is 4.79 Å². The zero-order chi connectivity index (χ0) is 24.1. The summed E-state index contributed by atoms with van der Waals surface area (Å²) in [4.78, 5) is 18.9. The zero-order valence-electron chi connectivity index (χ0n) is 19.2. The van der Waals surface area contributed by atoms with Crippen molar-refractivity contribution in [1.82, 2.24) is 30.0 Å². The van der Waals surface area contributed by atoms with Crippen molar-refractivity contribution in [2.45, 2.75) is 17.8 Å². The Bertz CT molecular complexity index is 1270. The minimum Gasteiger partial charge on any atom is -0.349 e. The SMILES string of the molecule is Cc1ccc(-n2c(SCc3nc(C(=O)NCCN(C)C)cs3)nnc2-c2ccccc2Cl)cc1. The molecule has 34 heavy (non-hydrogen) atoms. The van der Waals surface area contributed by atoms with Gasteiger partial charge in [0.2, 0.25) is 0 Å². The van der Waals surface area contributed by atoms with Gasteiger partial charge in [-0.2, -0.15) is 0 Å². The summed E-state index contributed by atoms with van der Waals surface area (Å²) in [5, 5.41) is 15.8. The van der Waals surface area contributed by atoms with Gasteiger partial charge >= 0.3 is 0 Å². The molecular weight excluding hydrogens is 488 g/mol. The van der Waals surface area contributed by atoms with Gasteiger partial charge in [0, 0.05) is 29.7 Å². The van der Waals surface area contributed by atoms with E-state index in [1.54, 1.807) is 5.38 Å². The fourth-order valence-electron chi connectivity index (χ4n) is 3.20. The molecule has 176 valence electrons. The number of amides is 1. The average Bonchev–Trinajstić information content (AvgIpc) is 3.45. The van der Waals surface area contributed by atoms with E-state index in [0.717, 1.165) is 28.0 Å². The highest BCUT2D eigenvalue weighted by atomic mass is 35.5. The topological polar surface area (TPSA) is 75.9 Å². The largest absolute Gasteiger partial charge is 0.349 e. The van der Waals surface area contributed by atoms with Crippen molar-refractivity contribution >= 4 is 40.6 Å². The number of nitrogens with zero attached hydrogens (tertiary/aromatic N) is 5. The van der Waals surface area contributed by atoms with Crippen molar-refractivity contribution in [3.63, 3.8) is 0 Å². The molecule has 0 aliphatic carbocycles. The maximum absolute atomic E-state index is 12.3. The van der Waals surface area contributed by atoms with Crippen LogP contribution in [0, 0.1) is 6.92 Å². The van der Waals surface area contributed by atoms with Crippen LogP contribution in [0.1, 0.15) is 21.1 Å². The number of hydrogen-bond donors (Lipinski definition) is 1. The van der Waals surface area contributed by atoms with Crippen LogP contribution in [0.2, 0.25) is 5.02 Å². The molecule has 0 bridgehead atoms. The molecule has 4 rings (SSSR count). The van der Waals surface area contributed by atoms with Gasteiger partial charge in [0.25, 0.3) is 5.91 Å². The van der Waals surface area contributed by atoms with E-state index in [1.165, 1.54) is 28.7 Å². The molecule has 4 aromatic rings. The first kappa shape index (κ1) is 24.4. The molecule has 1 N–H and O–H groups in total. The third kappa shape index (κ3) is 5.85. The van der Waals surface area contributed by atoms with Crippen molar-refractivity contribution in [3.05, 3.63) is 75.2 Å². The molecule has 2 aromatic carbocycles. The highest BCUT2D eigenvalue weighted by molar-refractivity contribution is 7.98. The van der Waals surface area contributed by atoms with Crippen LogP contribution < -0.4 is 5.32 Å².